The quantitative estimate of drug-likeness (QED) is 0.535. The molecule has 2 rings (SSSR count). The van der Waals surface area contributed by atoms with E-state index in [-0.39, 0.29) is 33.2 Å². The predicted molar refractivity (Wildman–Crippen MR) is 129 cm³/mol. The number of likely N-dealkylation sites (N-methyl/N-ethyl adjacent to an activating group) is 1. The van der Waals surface area contributed by atoms with E-state index in [1.165, 1.54) is 24.1 Å². The zero-order valence-corrected chi connectivity index (χ0v) is 21.1. The number of hydrogen-bond acceptors (Lipinski definition) is 4. The highest BCUT2D eigenvalue weighted by Crippen LogP contribution is 2.35. The number of rotatable bonds is 8. The van der Waals surface area contributed by atoms with Crippen molar-refractivity contribution in [2.45, 2.75) is 26.4 Å². The fourth-order valence-electron chi connectivity index (χ4n) is 3.06. The smallest absolute Gasteiger partial charge is 0.244 e. The SMILES string of the molecule is CNC(=O)[C@@H](C)N(Cc1ccccc1C)C(=O)CN(c1cc(Cl)c(Cl)cc1Cl)S(C)(=O)=O. The van der Waals surface area contributed by atoms with E-state index in [1.54, 1.807) is 6.92 Å². The molecule has 0 saturated carbocycles. The second-order valence-corrected chi connectivity index (χ2v) is 10.4. The minimum absolute atomic E-state index is 0.0142. The summed E-state index contributed by atoms with van der Waals surface area (Å²) in [7, 11) is -2.47. The first-order chi connectivity index (χ1) is 14.9. The summed E-state index contributed by atoms with van der Waals surface area (Å²) in [4.78, 5) is 27.0. The van der Waals surface area contributed by atoms with Crippen LogP contribution in [0.2, 0.25) is 15.1 Å². The van der Waals surface area contributed by atoms with Crippen LogP contribution in [0.1, 0.15) is 18.1 Å². The predicted octanol–water partition coefficient (Wildman–Crippen LogP) is 3.88. The Labute approximate surface area is 203 Å². The number of anilines is 1. The minimum atomic E-state index is -3.93. The molecule has 2 aromatic carbocycles. The molecule has 0 aliphatic carbocycles. The average Bonchev–Trinajstić information content (AvgIpc) is 2.72. The van der Waals surface area contributed by atoms with Gasteiger partial charge in [-0.1, -0.05) is 59.1 Å². The molecule has 0 aliphatic rings. The largest absolute Gasteiger partial charge is 0.357 e. The molecule has 0 spiro atoms. The second kappa shape index (κ2) is 10.7. The lowest BCUT2D eigenvalue weighted by atomic mass is 10.1. The number of sulfonamides is 1. The standard InChI is InChI=1S/C21H24Cl3N3O4S/c1-13-7-5-6-8-15(13)11-26(14(2)21(29)25-3)20(28)12-27(32(4,30)31)19-10-17(23)16(22)9-18(19)24/h5-10,14H,11-12H2,1-4H3,(H,25,29)/t14-/m1/s1. The van der Waals surface area contributed by atoms with Gasteiger partial charge in [0.25, 0.3) is 0 Å². The summed E-state index contributed by atoms with van der Waals surface area (Å²) < 4.78 is 26.0. The van der Waals surface area contributed by atoms with Gasteiger partial charge in [0.2, 0.25) is 21.8 Å². The molecule has 1 N–H and O–H groups in total. The van der Waals surface area contributed by atoms with Crippen LogP contribution in [-0.2, 0) is 26.2 Å². The number of carbonyl (C=O) groups is 2. The maximum Gasteiger partial charge on any atom is 0.244 e. The summed E-state index contributed by atoms with van der Waals surface area (Å²) in [5.74, 6) is -0.970. The lowest BCUT2D eigenvalue weighted by Gasteiger charge is -2.31. The molecule has 32 heavy (non-hydrogen) atoms. The highest BCUT2D eigenvalue weighted by atomic mass is 35.5. The molecule has 1 atom stereocenters. The van der Waals surface area contributed by atoms with E-state index in [2.05, 4.69) is 5.32 Å². The summed E-state index contributed by atoms with van der Waals surface area (Å²) in [5, 5.41) is 2.77. The first kappa shape index (κ1) is 26.3. The summed E-state index contributed by atoms with van der Waals surface area (Å²) >= 11 is 18.2. The molecule has 0 heterocycles. The molecule has 2 amide bonds. The molecule has 0 aromatic heterocycles. The maximum absolute atomic E-state index is 13.4. The van der Waals surface area contributed by atoms with Gasteiger partial charge in [-0.25, -0.2) is 8.42 Å². The Morgan fingerprint density at radius 1 is 1.06 bits per heavy atom. The molecule has 7 nitrogen and oxygen atoms in total. The van der Waals surface area contributed by atoms with Gasteiger partial charge >= 0.3 is 0 Å². The summed E-state index contributed by atoms with van der Waals surface area (Å²) in [6.45, 7) is 3.00. The number of carbonyl (C=O) groups excluding carboxylic acids is 2. The first-order valence-corrected chi connectivity index (χ1v) is 12.5. The monoisotopic (exact) mass is 519 g/mol. The van der Waals surface area contributed by atoms with E-state index in [9.17, 15) is 18.0 Å². The Hall–Kier alpha value is -2.00. The highest BCUT2D eigenvalue weighted by Gasteiger charge is 2.31. The Morgan fingerprint density at radius 3 is 2.22 bits per heavy atom. The van der Waals surface area contributed by atoms with Crippen LogP contribution < -0.4 is 9.62 Å². The fourth-order valence-corrected chi connectivity index (χ4v) is 4.61. The molecule has 0 fully saturated rings. The molecule has 0 radical (unpaired) electrons. The molecule has 0 aliphatic heterocycles. The van der Waals surface area contributed by atoms with Gasteiger partial charge in [-0.2, -0.15) is 0 Å². The molecule has 0 unspecified atom stereocenters. The van der Waals surface area contributed by atoms with Crippen molar-refractivity contribution in [3.63, 3.8) is 0 Å². The van der Waals surface area contributed by atoms with Gasteiger partial charge in [0.05, 0.1) is 27.0 Å². The topological polar surface area (TPSA) is 86.8 Å². The normalized spacial score (nSPS) is 12.2. The Kier molecular flexibility index (Phi) is 8.82. The lowest BCUT2D eigenvalue weighted by Crippen LogP contribution is -2.50. The molecule has 11 heteroatoms. The Balaban J connectivity index is 2.47. The lowest BCUT2D eigenvalue weighted by molar-refractivity contribution is -0.139. The van der Waals surface area contributed by atoms with Gasteiger partial charge in [-0.15, -0.1) is 0 Å². The molecular formula is C21H24Cl3N3O4S. The van der Waals surface area contributed by atoms with Crippen molar-refractivity contribution < 1.29 is 18.0 Å². The van der Waals surface area contributed by atoms with Gasteiger partial charge in [0.15, 0.2) is 0 Å². The van der Waals surface area contributed by atoms with Crippen LogP contribution in [0.25, 0.3) is 0 Å². The summed E-state index contributed by atoms with van der Waals surface area (Å²) in [6.07, 6.45) is 0.951. The van der Waals surface area contributed by atoms with Crippen molar-refractivity contribution in [2.24, 2.45) is 0 Å². The zero-order valence-electron chi connectivity index (χ0n) is 18.0. The van der Waals surface area contributed by atoms with Gasteiger partial charge in [-0.3, -0.25) is 13.9 Å². The Morgan fingerprint density at radius 2 is 1.66 bits per heavy atom. The zero-order chi connectivity index (χ0) is 24.2. The van der Waals surface area contributed by atoms with Crippen LogP contribution in [0, 0.1) is 6.92 Å². The first-order valence-electron chi connectivity index (χ1n) is 9.54. The number of amides is 2. The third kappa shape index (κ3) is 6.28. The number of nitrogens with zero attached hydrogens (tertiary/aromatic N) is 2. The van der Waals surface area contributed by atoms with Crippen molar-refractivity contribution in [3.8, 4) is 0 Å². The van der Waals surface area contributed by atoms with Crippen LogP contribution in [-0.4, -0.2) is 51.0 Å². The number of benzene rings is 2. The second-order valence-electron chi connectivity index (χ2n) is 7.23. The number of halogens is 3. The van der Waals surface area contributed by atoms with Gasteiger partial charge in [-0.05, 0) is 37.1 Å². The van der Waals surface area contributed by atoms with Crippen LogP contribution in [0.15, 0.2) is 36.4 Å². The van der Waals surface area contributed by atoms with Gasteiger partial charge in [0, 0.05) is 13.6 Å². The minimum Gasteiger partial charge on any atom is -0.357 e. The van der Waals surface area contributed by atoms with E-state index >= 15 is 0 Å². The fraction of sp³-hybridized carbons (Fsp3) is 0.333. The van der Waals surface area contributed by atoms with Gasteiger partial charge < -0.3 is 10.2 Å². The molecule has 2 aromatic rings. The van der Waals surface area contributed by atoms with E-state index in [1.807, 2.05) is 31.2 Å². The van der Waals surface area contributed by atoms with Crippen molar-refractivity contribution >= 4 is 62.3 Å². The molecule has 174 valence electrons. The van der Waals surface area contributed by atoms with Crippen molar-refractivity contribution in [1.29, 1.82) is 0 Å². The van der Waals surface area contributed by atoms with Crippen LogP contribution >= 0.6 is 34.8 Å². The molecule has 0 bridgehead atoms. The van der Waals surface area contributed by atoms with E-state index in [0.717, 1.165) is 21.7 Å². The third-order valence-corrected chi connectivity index (χ3v) is 7.10. The van der Waals surface area contributed by atoms with Gasteiger partial charge in [0.1, 0.15) is 12.6 Å². The number of aryl methyl sites for hydroxylation is 1. The van der Waals surface area contributed by atoms with Crippen molar-refractivity contribution in [1.82, 2.24) is 10.2 Å². The molecule has 0 saturated heterocycles. The third-order valence-electron chi connectivity index (χ3n) is 4.95. The maximum atomic E-state index is 13.4. The average molecular weight is 521 g/mol. The summed E-state index contributed by atoms with van der Waals surface area (Å²) in [5.41, 5.74) is 1.78. The summed E-state index contributed by atoms with van der Waals surface area (Å²) in [6, 6.07) is 9.17. The number of hydrogen-bond donors (Lipinski definition) is 1. The van der Waals surface area contributed by atoms with Crippen LogP contribution in [0.3, 0.4) is 0 Å². The van der Waals surface area contributed by atoms with Crippen LogP contribution in [0.5, 0.6) is 0 Å². The van der Waals surface area contributed by atoms with E-state index < -0.39 is 28.5 Å². The molecular weight excluding hydrogens is 497 g/mol. The van der Waals surface area contributed by atoms with Crippen LogP contribution in [0.4, 0.5) is 5.69 Å². The van der Waals surface area contributed by atoms with Crippen molar-refractivity contribution in [3.05, 3.63) is 62.6 Å². The van der Waals surface area contributed by atoms with Crippen molar-refractivity contribution in [2.75, 3.05) is 24.2 Å². The Bertz CT molecular complexity index is 1130. The van der Waals surface area contributed by atoms with E-state index in [0.29, 0.717) is 0 Å². The highest BCUT2D eigenvalue weighted by molar-refractivity contribution is 7.92. The number of nitrogens with one attached hydrogen (secondary N) is 1. The van der Waals surface area contributed by atoms with E-state index in [4.69, 9.17) is 34.8 Å².